The molecule has 0 aliphatic heterocycles. The van der Waals surface area contributed by atoms with E-state index in [9.17, 15) is 0 Å². The Bertz CT molecular complexity index is 1300. The van der Waals surface area contributed by atoms with Gasteiger partial charge in [-0.15, -0.1) is 11.5 Å². The Hall–Kier alpha value is -2.85. The highest BCUT2D eigenvalue weighted by molar-refractivity contribution is 7.18. The highest BCUT2D eigenvalue weighted by Crippen LogP contribution is 2.38. The number of aromatic nitrogens is 1. The monoisotopic (exact) mass is 428 g/mol. The van der Waals surface area contributed by atoms with Crippen LogP contribution in [0.2, 0.25) is 0 Å². The summed E-state index contributed by atoms with van der Waals surface area (Å²) in [6.45, 7) is 13.3. The molecule has 0 bridgehead atoms. The number of oxazole rings is 1. The third-order valence-corrected chi connectivity index (χ3v) is 6.67. The fourth-order valence-corrected chi connectivity index (χ4v) is 4.50. The van der Waals surface area contributed by atoms with Crippen LogP contribution in [0.4, 0.5) is 0 Å². The molecule has 2 aromatic carbocycles. The first kappa shape index (κ1) is 20.1. The molecule has 0 aliphatic carbocycles. The molecule has 0 N–H and O–H groups in total. The third kappa shape index (κ3) is 3.70. The number of fused-ring (bicyclic) bond motifs is 2. The predicted molar refractivity (Wildman–Crippen MR) is 129 cm³/mol. The lowest BCUT2D eigenvalue weighted by Crippen LogP contribution is -2.10. The minimum absolute atomic E-state index is 0.0768. The van der Waals surface area contributed by atoms with Gasteiger partial charge in [0.2, 0.25) is 5.89 Å². The molecule has 0 saturated carbocycles. The maximum atomic E-state index is 6.09. The second-order valence-electron chi connectivity index (χ2n) is 10.1. The van der Waals surface area contributed by atoms with E-state index in [0.717, 1.165) is 37.6 Å². The second-order valence-corrected chi connectivity index (χ2v) is 11.2. The van der Waals surface area contributed by atoms with Crippen molar-refractivity contribution in [2.24, 2.45) is 0 Å². The second kappa shape index (κ2) is 6.83. The quantitative estimate of drug-likeness (QED) is 0.265. The van der Waals surface area contributed by atoms with Crippen molar-refractivity contribution in [3.63, 3.8) is 0 Å². The molecule has 0 fully saturated rings. The first-order valence-electron chi connectivity index (χ1n) is 10.6. The van der Waals surface area contributed by atoms with E-state index in [-0.39, 0.29) is 10.8 Å². The Morgan fingerprint density at radius 1 is 0.742 bits per heavy atom. The van der Waals surface area contributed by atoms with Crippen molar-refractivity contribution >= 4 is 33.4 Å². The van der Waals surface area contributed by atoms with Crippen LogP contribution in [0.3, 0.4) is 0 Å². The van der Waals surface area contributed by atoms with Crippen LogP contribution in [0.15, 0.2) is 57.4 Å². The number of hydrogen-bond donors (Lipinski definition) is 0. The summed E-state index contributed by atoms with van der Waals surface area (Å²) < 4.78 is 12.1. The topological polar surface area (TPSA) is 39.2 Å². The van der Waals surface area contributed by atoms with Gasteiger partial charge in [0, 0.05) is 11.3 Å². The van der Waals surface area contributed by atoms with Gasteiger partial charge < -0.3 is 8.83 Å². The first-order valence-corrected chi connectivity index (χ1v) is 11.4. The summed E-state index contributed by atoms with van der Waals surface area (Å²) in [5.41, 5.74) is 5.25. The first-order chi connectivity index (χ1) is 14.6. The minimum atomic E-state index is 0.0768. The van der Waals surface area contributed by atoms with Gasteiger partial charge >= 0.3 is 0 Å². The van der Waals surface area contributed by atoms with E-state index >= 15 is 0 Å². The van der Waals surface area contributed by atoms with Gasteiger partial charge in [-0.25, -0.2) is 4.98 Å². The summed E-state index contributed by atoms with van der Waals surface area (Å²) in [7, 11) is 0. The molecular weight excluding hydrogens is 402 g/mol. The lowest BCUT2D eigenvalue weighted by molar-refractivity contribution is 0.589. The van der Waals surface area contributed by atoms with Crippen LogP contribution in [0, 0.1) is 6.07 Å². The lowest BCUT2D eigenvalue weighted by atomic mass is 9.86. The van der Waals surface area contributed by atoms with Gasteiger partial charge in [0.1, 0.15) is 5.52 Å². The van der Waals surface area contributed by atoms with Crippen molar-refractivity contribution in [2.45, 2.75) is 52.4 Å². The number of thiophene rings is 1. The zero-order valence-corrected chi connectivity index (χ0v) is 19.6. The highest BCUT2D eigenvalue weighted by atomic mass is 32.1. The van der Waals surface area contributed by atoms with Crippen molar-refractivity contribution in [3.05, 3.63) is 65.7 Å². The molecule has 0 atom stereocenters. The number of hydrogen-bond acceptors (Lipinski definition) is 4. The van der Waals surface area contributed by atoms with Crippen LogP contribution in [0.1, 0.15) is 52.7 Å². The minimum Gasteiger partial charge on any atom is -0.518 e. The van der Waals surface area contributed by atoms with Gasteiger partial charge in [0.05, 0.1) is 4.88 Å². The Balaban J connectivity index is 1.50. The summed E-state index contributed by atoms with van der Waals surface area (Å²) >= 11 is 1.61. The van der Waals surface area contributed by atoms with Crippen LogP contribution in [0.5, 0.6) is 0 Å². The average molecular weight is 429 g/mol. The molecule has 31 heavy (non-hydrogen) atoms. The number of rotatable bonds is 2. The van der Waals surface area contributed by atoms with E-state index in [1.54, 1.807) is 11.3 Å². The average Bonchev–Trinajstić information content (AvgIpc) is 3.41. The van der Waals surface area contributed by atoms with E-state index in [1.165, 1.54) is 11.1 Å². The van der Waals surface area contributed by atoms with Gasteiger partial charge in [0.15, 0.2) is 5.58 Å². The fraction of sp³-hybridized carbons (Fsp3) is 0.296. The maximum absolute atomic E-state index is 6.09. The molecule has 0 saturated heterocycles. The zero-order chi connectivity index (χ0) is 22.0. The molecule has 0 spiro atoms. The number of furan rings is 1. The van der Waals surface area contributed by atoms with Gasteiger partial charge in [-0.3, -0.25) is 0 Å². The molecule has 0 amide bonds. The molecule has 5 aromatic rings. The van der Waals surface area contributed by atoms with Crippen molar-refractivity contribution in [2.75, 3.05) is 0 Å². The third-order valence-electron chi connectivity index (χ3n) is 5.60. The van der Waals surface area contributed by atoms with Gasteiger partial charge in [-0.1, -0.05) is 77.4 Å². The van der Waals surface area contributed by atoms with E-state index in [0.29, 0.717) is 5.89 Å². The molecule has 3 nitrogen and oxygen atoms in total. The van der Waals surface area contributed by atoms with Crippen LogP contribution < -0.4 is 0 Å². The summed E-state index contributed by atoms with van der Waals surface area (Å²) in [6, 6.07) is 20.1. The molecule has 5 rings (SSSR count). The van der Waals surface area contributed by atoms with E-state index in [2.05, 4.69) is 71.9 Å². The normalized spacial score (nSPS) is 12.8. The molecule has 3 aromatic heterocycles. The van der Waals surface area contributed by atoms with Gasteiger partial charge in [-0.05, 0) is 39.5 Å². The van der Waals surface area contributed by atoms with Crippen LogP contribution >= 0.6 is 11.3 Å². The fourth-order valence-electron chi connectivity index (χ4n) is 3.63. The molecule has 0 unspecified atom stereocenters. The summed E-state index contributed by atoms with van der Waals surface area (Å²) in [5, 5.41) is 1.01. The summed E-state index contributed by atoms with van der Waals surface area (Å²) in [4.78, 5) is 6.74. The Morgan fingerprint density at radius 2 is 1.39 bits per heavy atom. The molecular formula is C27H26NO2S-. The van der Waals surface area contributed by atoms with Crippen molar-refractivity contribution in [1.82, 2.24) is 4.98 Å². The van der Waals surface area contributed by atoms with Crippen molar-refractivity contribution < 1.29 is 8.83 Å². The molecule has 3 heterocycles. The number of nitrogens with zero attached hydrogens (tertiary/aromatic N) is 1. The van der Waals surface area contributed by atoms with Crippen LogP contribution in [-0.4, -0.2) is 4.98 Å². The SMILES string of the molecule is CC(C)(C)c1ccc2oc(-c3ccc(-c4nc5cc(C(C)(C)C)ccc5o4)s3)[c-]c2c1. The van der Waals surface area contributed by atoms with Gasteiger partial charge in [-0.2, -0.15) is 11.3 Å². The van der Waals surface area contributed by atoms with E-state index < -0.39 is 0 Å². The molecule has 0 radical (unpaired) electrons. The summed E-state index contributed by atoms with van der Waals surface area (Å²) in [6.07, 6.45) is 0. The lowest BCUT2D eigenvalue weighted by Gasteiger charge is -2.20. The van der Waals surface area contributed by atoms with Crippen molar-refractivity contribution in [1.29, 1.82) is 0 Å². The zero-order valence-electron chi connectivity index (χ0n) is 18.8. The van der Waals surface area contributed by atoms with E-state index in [1.807, 2.05) is 24.3 Å². The predicted octanol–water partition coefficient (Wildman–Crippen LogP) is 8.36. The standard InChI is InChI=1S/C27H26NO2S/c1-26(2,3)17-7-9-20-16(13-17)14-22(29-20)23-11-12-24(31-23)25-28-19-15-18(27(4,5)6)8-10-21(19)30-25/h7-13,15H,1-6H3/q-1. The Labute approximate surface area is 186 Å². The smallest absolute Gasteiger partial charge is 0.236 e. The van der Waals surface area contributed by atoms with Crippen molar-refractivity contribution in [3.8, 4) is 21.4 Å². The van der Waals surface area contributed by atoms with E-state index in [4.69, 9.17) is 13.8 Å². The Kier molecular flexibility index (Phi) is 4.42. The number of benzene rings is 2. The molecule has 4 heteroatoms. The summed E-state index contributed by atoms with van der Waals surface area (Å²) in [5.74, 6) is 1.40. The Morgan fingerprint density at radius 3 is 2.10 bits per heavy atom. The molecule has 0 aliphatic rings. The highest BCUT2D eigenvalue weighted by Gasteiger charge is 2.17. The maximum Gasteiger partial charge on any atom is 0.236 e. The largest absolute Gasteiger partial charge is 0.518 e. The van der Waals surface area contributed by atoms with Crippen LogP contribution in [0.25, 0.3) is 43.5 Å². The molecule has 158 valence electrons. The van der Waals surface area contributed by atoms with Gasteiger partial charge in [0.25, 0.3) is 0 Å². The van der Waals surface area contributed by atoms with Crippen LogP contribution in [-0.2, 0) is 10.8 Å².